The van der Waals surface area contributed by atoms with Crippen molar-refractivity contribution in [3.05, 3.63) is 34.9 Å². The van der Waals surface area contributed by atoms with E-state index < -0.39 is 23.3 Å². The molecule has 0 unspecified atom stereocenters. The summed E-state index contributed by atoms with van der Waals surface area (Å²) in [6, 6.07) is 1.87. The maximum Gasteiger partial charge on any atom is 0.407 e. The third-order valence-corrected chi connectivity index (χ3v) is 2.00. The Morgan fingerprint density at radius 1 is 1.44 bits per heavy atom. The first-order valence-electron chi connectivity index (χ1n) is 4.33. The van der Waals surface area contributed by atoms with E-state index in [1.165, 1.54) is 7.05 Å². The Hall–Kier alpha value is -1.98. The van der Waals surface area contributed by atoms with Crippen molar-refractivity contribution in [2.24, 2.45) is 0 Å². The Morgan fingerprint density at radius 2 is 1.94 bits per heavy atom. The quantitative estimate of drug-likeness (QED) is 0.805. The number of benzene rings is 1. The number of aldehydes is 1. The predicted octanol–water partition coefficient (Wildman–Crippen LogP) is 1.89. The molecule has 0 aliphatic rings. The van der Waals surface area contributed by atoms with Crippen LogP contribution in [0.15, 0.2) is 12.1 Å². The van der Waals surface area contributed by atoms with Crippen molar-refractivity contribution in [2.45, 2.75) is 6.54 Å². The standard InChI is InChI=1S/C10H9F2NO3/c1-13(10(15)16)4-6-2-8(11)7(5-14)9(12)3-6/h2-3,5H,4H2,1H3,(H,15,16). The van der Waals surface area contributed by atoms with Gasteiger partial charge in [0.1, 0.15) is 11.6 Å². The van der Waals surface area contributed by atoms with Crippen LogP contribution in [0.3, 0.4) is 0 Å². The van der Waals surface area contributed by atoms with Crippen LogP contribution < -0.4 is 0 Å². The van der Waals surface area contributed by atoms with Gasteiger partial charge in [0.15, 0.2) is 6.29 Å². The van der Waals surface area contributed by atoms with Gasteiger partial charge in [0.05, 0.1) is 5.56 Å². The maximum atomic E-state index is 13.1. The normalized spacial score (nSPS) is 9.94. The van der Waals surface area contributed by atoms with Crippen molar-refractivity contribution in [3.63, 3.8) is 0 Å². The first kappa shape index (κ1) is 12.1. The van der Waals surface area contributed by atoms with Gasteiger partial charge in [-0.05, 0) is 17.7 Å². The van der Waals surface area contributed by atoms with Gasteiger partial charge < -0.3 is 10.0 Å². The van der Waals surface area contributed by atoms with E-state index in [9.17, 15) is 18.4 Å². The van der Waals surface area contributed by atoms with E-state index in [0.717, 1.165) is 17.0 Å². The molecule has 1 aromatic rings. The number of halogens is 2. The smallest absolute Gasteiger partial charge is 0.407 e. The molecule has 16 heavy (non-hydrogen) atoms. The Bertz CT molecular complexity index is 411. The minimum atomic E-state index is -1.21. The number of nitrogens with zero attached hydrogens (tertiary/aromatic N) is 1. The summed E-state index contributed by atoms with van der Waals surface area (Å²) in [6.07, 6.45) is -1.13. The zero-order valence-corrected chi connectivity index (χ0v) is 8.41. The maximum absolute atomic E-state index is 13.1. The van der Waals surface area contributed by atoms with Crippen molar-refractivity contribution < 1.29 is 23.5 Å². The lowest BCUT2D eigenvalue weighted by Gasteiger charge is -2.13. The molecule has 0 fully saturated rings. The molecule has 1 rings (SSSR count). The first-order chi connectivity index (χ1) is 7.45. The molecule has 0 atom stereocenters. The lowest BCUT2D eigenvalue weighted by molar-refractivity contribution is 0.111. The van der Waals surface area contributed by atoms with E-state index in [1.54, 1.807) is 0 Å². The molecule has 1 amide bonds. The number of carboxylic acid groups (broad SMARTS) is 1. The van der Waals surface area contributed by atoms with Crippen molar-refractivity contribution in [2.75, 3.05) is 7.05 Å². The molecular weight excluding hydrogens is 220 g/mol. The number of rotatable bonds is 3. The Kier molecular flexibility index (Phi) is 3.55. The lowest BCUT2D eigenvalue weighted by Crippen LogP contribution is -2.24. The highest BCUT2D eigenvalue weighted by Gasteiger charge is 2.12. The summed E-state index contributed by atoms with van der Waals surface area (Å²) in [4.78, 5) is 21.7. The van der Waals surface area contributed by atoms with E-state index in [2.05, 4.69) is 0 Å². The van der Waals surface area contributed by atoms with Crippen LogP contribution in [-0.2, 0) is 6.54 Å². The summed E-state index contributed by atoms with van der Waals surface area (Å²) in [5.41, 5.74) is -0.507. The second-order valence-corrected chi connectivity index (χ2v) is 3.23. The number of carbonyl (C=O) groups excluding carboxylic acids is 1. The lowest BCUT2D eigenvalue weighted by atomic mass is 10.1. The summed E-state index contributed by atoms with van der Waals surface area (Å²) in [5.74, 6) is -1.99. The molecule has 0 saturated carbocycles. The molecular formula is C10H9F2NO3. The first-order valence-corrected chi connectivity index (χ1v) is 4.33. The van der Waals surface area contributed by atoms with Gasteiger partial charge in [-0.25, -0.2) is 13.6 Å². The van der Waals surface area contributed by atoms with E-state index in [-0.39, 0.29) is 18.4 Å². The average Bonchev–Trinajstić information content (AvgIpc) is 2.16. The molecule has 0 saturated heterocycles. The number of hydrogen-bond donors (Lipinski definition) is 1. The molecule has 1 aromatic carbocycles. The Balaban J connectivity index is 3.00. The minimum Gasteiger partial charge on any atom is -0.465 e. The van der Waals surface area contributed by atoms with Gasteiger partial charge in [-0.2, -0.15) is 0 Å². The largest absolute Gasteiger partial charge is 0.465 e. The number of carbonyl (C=O) groups is 2. The average molecular weight is 229 g/mol. The highest BCUT2D eigenvalue weighted by molar-refractivity contribution is 5.75. The molecule has 0 radical (unpaired) electrons. The highest BCUT2D eigenvalue weighted by atomic mass is 19.1. The summed E-state index contributed by atoms with van der Waals surface area (Å²) in [5, 5.41) is 8.56. The summed E-state index contributed by atoms with van der Waals surface area (Å²) in [6.45, 7) is -0.150. The molecule has 0 aromatic heterocycles. The van der Waals surface area contributed by atoms with Crippen LogP contribution in [0, 0.1) is 11.6 Å². The van der Waals surface area contributed by atoms with Crippen LogP contribution in [0.2, 0.25) is 0 Å². The van der Waals surface area contributed by atoms with Crippen molar-refractivity contribution in [3.8, 4) is 0 Å². The fourth-order valence-electron chi connectivity index (χ4n) is 1.18. The van der Waals surface area contributed by atoms with Crippen LogP contribution in [0.5, 0.6) is 0 Å². The molecule has 0 spiro atoms. The summed E-state index contributed by atoms with van der Waals surface area (Å²) in [7, 11) is 1.27. The Labute approximate surface area is 90.1 Å². The predicted molar refractivity (Wildman–Crippen MR) is 51.2 cm³/mol. The monoisotopic (exact) mass is 229 g/mol. The SMILES string of the molecule is CN(Cc1cc(F)c(C=O)c(F)c1)C(=O)O. The van der Waals surface area contributed by atoms with Gasteiger partial charge in [0, 0.05) is 13.6 Å². The number of amides is 1. The Morgan fingerprint density at radius 3 is 2.31 bits per heavy atom. The van der Waals surface area contributed by atoms with E-state index in [1.807, 2.05) is 0 Å². The second-order valence-electron chi connectivity index (χ2n) is 3.23. The van der Waals surface area contributed by atoms with Gasteiger partial charge in [-0.15, -0.1) is 0 Å². The molecule has 0 bridgehead atoms. The molecule has 0 heterocycles. The topological polar surface area (TPSA) is 57.6 Å². The fourth-order valence-corrected chi connectivity index (χ4v) is 1.18. The molecule has 0 aliphatic heterocycles. The van der Waals surface area contributed by atoms with E-state index in [4.69, 9.17) is 5.11 Å². The van der Waals surface area contributed by atoms with Crippen LogP contribution in [0.4, 0.5) is 13.6 Å². The fraction of sp³-hybridized carbons (Fsp3) is 0.200. The number of hydrogen-bond acceptors (Lipinski definition) is 2. The second kappa shape index (κ2) is 4.69. The van der Waals surface area contributed by atoms with E-state index >= 15 is 0 Å². The van der Waals surface area contributed by atoms with Gasteiger partial charge in [-0.1, -0.05) is 0 Å². The zero-order valence-electron chi connectivity index (χ0n) is 8.41. The summed E-state index contributed by atoms with van der Waals surface area (Å²) >= 11 is 0. The zero-order chi connectivity index (χ0) is 12.3. The van der Waals surface area contributed by atoms with E-state index in [0.29, 0.717) is 0 Å². The minimum absolute atomic E-state index is 0.0787. The van der Waals surface area contributed by atoms with Crippen molar-refractivity contribution in [1.29, 1.82) is 0 Å². The van der Waals surface area contributed by atoms with Crippen LogP contribution in [-0.4, -0.2) is 29.4 Å². The highest BCUT2D eigenvalue weighted by Crippen LogP contribution is 2.14. The van der Waals surface area contributed by atoms with Crippen molar-refractivity contribution >= 4 is 12.4 Å². The molecule has 0 aliphatic carbocycles. The third-order valence-electron chi connectivity index (χ3n) is 2.00. The van der Waals surface area contributed by atoms with Gasteiger partial charge in [0.2, 0.25) is 0 Å². The van der Waals surface area contributed by atoms with Gasteiger partial charge in [-0.3, -0.25) is 4.79 Å². The molecule has 1 N–H and O–H groups in total. The molecule has 6 heteroatoms. The summed E-state index contributed by atoms with van der Waals surface area (Å²) < 4.78 is 26.3. The third kappa shape index (κ3) is 2.53. The molecule has 4 nitrogen and oxygen atoms in total. The van der Waals surface area contributed by atoms with Crippen LogP contribution >= 0.6 is 0 Å². The van der Waals surface area contributed by atoms with Crippen molar-refractivity contribution in [1.82, 2.24) is 4.90 Å². The van der Waals surface area contributed by atoms with Gasteiger partial charge >= 0.3 is 6.09 Å². The molecule has 86 valence electrons. The van der Waals surface area contributed by atoms with Crippen LogP contribution in [0.25, 0.3) is 0 Å². The van der Waals surface area contributed by atoms with Crippen LogP contribution in [0.1, 0.15) is 15.9 Å². The van der Waals surface area contributed by atoms with Gasteiger partial charge in [0.25, 0.3) is 0 Å².